The van der Waals surface area contributed by atoms with Crippen molar-refractivity contribution >= 4 is 27.3 Å². The summed E-state index contributed by atoms with van der Waals surface area (Å²) in [5.41, 5.74) is 1.39. The van der Waals surface area contributed by atoms with Gasteiger partial charge in [0, 0.05) is 12.6 Å². The van der Waals surface area contributed by atoms with Gasteiger partial charge in [-0.3, -0.25) is 0 Å². The van der Waals surface area contributed by atoms with Gasteiger partial charge in [0.15, 0.2) is 9.84 Å². The lowest BCUT2D eigenvalue weighted by Crippen LogP contribution is -2.44. The standard InChI is InChI=1S/C17H20ClN3O3S/c1-12-3-5-15(6-4-12)25(22,23)11-14-9-16(20-17(18)19-14)21-7-8-24-10-13(21)2/h3-6,9,13H,7-8,10-11H2,1-2H3/t13-/m0/s1. The quantitative estimate of drug-likeness (QED) is 0.758. The van der Waals surface area contributed by atoms with Crippen molar-refractivity contribution in [1.82, 2.24) is 9.97 Å². The summed E-state index contributed by atoms with van der Waals surface area (Å²) in [7, 11) is -3.50. The third-order valence-corrected chi connectivity index (χ3v) is 5.95. The highest BCUT2D eigenvalue weighted by Crippen LogP contribution is 2.23. The third kappa shape index (κ3) is 4.29. The lowest BCUT2D eigenvalue weighted by atomic mass is 10.2. The van der Waals surface area contributed by atoms with Crippen molar-refractivity contribution in [2.45, 2.75) is 30.5 Å². The summed E-state index contributed by atoms with van der Waals surface area (Å²) < 4.78 is 30.7. The summed E-state index contributed by atoms with van der Waals surface area (Å²) in [6.45, 7) is 5.81. The largest absolute Gasteiger partial charge is 0.377 e. The Labute approximate surface area is 152 Å². The van der Waals surface area contributed by atoms with Gasteiger partial charge < -0.3 is 9.64 Å². The number of aromatic nitrogens is 2. The molecule has 0 unspecified atom stereocenters. The van der Waals surface area contributed by atoms with E-state index in [9.17, 15) is 8.42 Å². The van der Waals surface area contributed by atoms with Crippen LogP contribution in [0, 0.1) is 6.92 Å². The molecule has 1 aliphatic rings. The highest BCUT2D eigenvalue weighted by Gasteiger charge is 2.23. The van der Waals surface area contributed by atoms with E-state index in [4.69, 9.17) is 16.3 Å². The van der Waals surface area contributed by atoms with Crippen LogP contribution in [-0.4, -0.2) is 44.2 Å². The molecule has 0 N–H and O–H groups in total. The van der Waals surface area contributed by atoms with Crippen LogP contribution in [-0.2, 0) is 20.3 Å². The second-order valence-electron chi connectivity index (χ2n) is 6.18. The van der Waals surface area contributed by atoms with E-state index in [1.165, 1.54) is 0 Å². The average molecular weight is 382 g/mol. The predicted molar refractivity (Wildman–Crippen MR) is 96.7 cm³/mol. The van der Waals surface area contributed by atoms with Crippen LogP contribution in [0.25, 0.3) is 0 Å². The molecular weight excluding hydrogens is 362 g/mol. The van der Waals surface area contributed by atoms with Gasteiger partial charge in [0.05, 0.1) is 35.6 Å². The van der Waals surface area contributed by atoms with E-state index in [2.05, 4.69) is 14.9 Å². The molecule has 3 rings (SSSR count). The van der Waals surface area contributed by atoms with Gasteiger partial charge in [0.25, 0.3) is 0 Å². The number of hydrogen-bond acceptors (Lipinski definition) is 6. The highest BCUT2D eigenvalue weighted by molar-refractivity contribution is 7.90. The van der Waals surface area contributed by atoms with E-state index in [-0.39, 0.29) is 22.0 Å². The lowest BCUT2D eigenvalue weighted by molar-refractivity contribution is 0.0985. The first-order valence-corrected chi connectivity index (χ1v) is 10.1. The molecule has 1 fully saturated rings. The Morgan fingerprint density at radius 3 is 2.68 bits per heavy atom. The first kappa shape index (κ1) is 18.1. The van der Waals surface area contributed by atoms with Gasteiger partial charge in [0.2, 0.25) is 5.28 Å². The number of morpholine rings is 1. The minimum atomic E-state index is -3.50. The Morgan fingerprint density at radius 2 is 2.00 bits per heavy atom. The second kappa shape index (κ2) is 7.27. The van der Waals surface area contributed by atoms with Crippen LogP contribution in [0.5, 0.6) is 0 Å². The van der Waals surface area contributed by atoms with Gasteiger partial charge >= 0.3 is 0 Å². The number of nitrogens with zero attached hydrogens (tertiary/aromatic N) is 3. The Kier molecular flexibility index (Phi) is 5.27. The molecule has 0 amide bonds. The van der Waals surface area contributed by atoms with E-state index >= 15 is 0 Å². The van der Waals surface area contributed by atoms with Gasteiger partial charge in [-0.05, 0) is 37.6 Å². The number of halogens is 1. The van der Waals surface area contributed by atoms with E-state index in [0.29, 0.717) is 31.3 Å². The number of hydrogen-bond donors (Lipinski definition) is 0. The first-order valence-electron chi connectivity index (χ1n) is 8.02. The number of ether oxygens (including phenoxy) is 1. The van der Waals surface area contributed by atoms with Gasteiger partial charge in [-0.25, -0.2) is 18.4 Å². The van der Waals surface area contributed by atoms with Gasteiger partial charge in [-0.15, -0.1) is 0 Å². The monoisotopic (exact) mass is 381 g/mol. The zero-order valence-corrected chi connectivity index (χ0v) is 15.7. The van der Waals surface area contributed by atoms with Crippen molar-refractivity contribution in [2.75, 3.05) is 24.7 Å². The number of rotatable bonds is 4. The summed E-state index contributed by atoms with van der Waals surface area (Å²) in [6.07, 6.45) is 0. The normalized spacial score (nSPS) is 18.4. The van der Waals surface area contributed by atoms with Crippen LogP contribution in [0.3, 0.4) is 0 Å². The number of anilines is 1. The third-order valence-electron chi connectivity index (χ3n) is 4.12. The maximum Gasteiger partial charge on any atom is 0.224 e. The van der Waals surface area contributed by atoms with Crippen LogP contribution < -0.4 is 4.90 Å². The zero-order chi connectivity index (χ0) is 18.0. The Bertz CT molecular complexity index is 856. The maximum absolute atomic E-state index is 12.6. The number of sulfone groups is 1. The molecule has 0 spiro atoms. The lowest BCUT2D eigenvalue weighted by Gasteiger charge is -2.34. The van der Waals surface area contributed by atoms with Crippen LogP contribution in [0.2, 0.25) is 5.28 Å². The molecule has 1 aliphatic heterocycles. The molecule has 6 nitrogen and oxygen atoms in total. The number of aryl methyl sites for hydroxylation is 1. The molecule has 0 saturated carbocycles. The van der Waals surface area contributed by atoms with Crippen LogP contribution >= 0.6 is 11.6 Å². The van der Waals surface area contributed by atoms with Gasteiger partial charge in [-0.2, -0.15) is 0 Å². The molecule has 0 radical (unpaired) electrons. The van der Waals surface area contributed by atoms with E-state index in [1.807, 2.05) is 13.8 Å². The first-order chi connectivity index (χ1) is 11.8. The Morgan fingerprint density at radius 1 is 1.28 bits per heavy atom. The minimum Gasteiger partial charge on any atom is -0.377 e. The Hall–Kier alpha value is -1.70. The summed E-state index contributed by atoms with van der Waals surface area (Å²) in [4.78, 5) is 10.7. The molecule has 2 heterocycles. The number of benzene rings is 1. The summed E-state index contributed by atoms with van der Waals surface area (Å²) in [5, 5.41) is 0.0466. The molecule has 1 atom stereocenters. The van der Waals surface area contributed by atoms with Crippen LogP contribution in [0.4, 0.5) is 5.82 Å². The molecule has 0 aliphatic carbocycles. The molecule has 1 aromatic carbocycles. The summed E-state index contributed by atoms with van der Waals surface area (Å²) in [5.74, 6) is 0.411. The molecule has 134 valence electrons. The second-order valence-corrected chi connectivity index (χ2v) is 8.50. The van der Waals surface area contributed by atoms with Gasteiger partial charge in [-0.1, -0.05) is 17.7 Å². The summed E-state index contributed by atoms with van der Waals surface area (Å²) in [6, 6.07) is 8.61. The Balaban J connectivity index is 1.88. The van der Waals surface area contributed by atoms with Crippen molar-refractivity contribution in [3.05, 3.63) is 46.9 Å². The minimum absolute atomic E-state index is 0.0466. The van der Waals surface area contributed by atoms with E-state index < -0.39 is 9.84 Å². The maximum atomic E-state index is 12.6. The SMILES string of the molecule is Cc1ccc(S(=O)(=O)Cc2cc(N3CCOC[C@@H]3C)nc(Cl)n2)cc1. The van der Waals surface area contributed by atoms with E-state index in [1.54, 1.807) is 30.3 Å². The topological polar surface area (TPSA) is 72.4 Å². The zero-order valence-electron chi connectivity index (χ0n) is 14.1. The molecular formula is C17H20ClN3O3S. The highest BCUT2D eigenvalue weighted by atomic mass is 35.5. The van der Waals surface area contributed by atoms with Crippen molar-refractivity contribution in [1.29, 1.82) is 0 Å². The molecule has 8 heteroatoms. The molecule has 2 aromatic rings. The molecule has 1 saturated heterocycles. The van der Waals surface area contributed by atoms with Crippen molar-refractivity contribution in [2.24, 2.45) is 0 Å². The fraction of sp³-hybridized carbons (Fsp3) is 0.412. The van der Waals surface area contributed by atoms with Crippen LogP contribution in [0.15, 0.2) is 35.2 Å². The molecule has 1 aromatic heterocycles. The van der Waals surface area contributed by atoms with Crippen molar-refractivity contribution in [3.8, 4) is 0 Å². The van der Waals surface area contributed by atoms with Gasteiger partial charge in [0.1, 0.15) is 5.82 Å². The molecule has 25 heavy (non-hydrogen) atoms. The average Bonchev–Trinajstić information content (AvgIpc) is 2.54. The fourth-order valence-corrected chi connectivity index (χ4v) is 4.21. The summed E-state index contributed by atoms with van der Waals surface area (Å²) >= 11 is 6.04. The molecule has 0 bridgehead atoms. The van der Waals surface area contributed by atoms with E-state index in [0.717, 1.165) is 5.56 Å². The fourth-order valence-electron chi connectivity index (χ4n) is 2.76. The smallest absolute Gasteiger partial charge is 0.224 e. The van der Waals surface area contributed by atoms with Crippen molar-refractivity contribution < 1.29 is 13.2 Å². The van der Waals surface area contributed by atoms with Crippen LogP contribution in [0.1, 0.15) is 18.2 Å². The predicted octanol–water partition coefficient (Wildman–Crippen LogP) is 2.64. The van der Waals surface area contributed by atoms with Crippen molar-refractivity contribution in [3.63, 3.8) is 0 Å².